The monoisotopic (exact) mass is 399 g/mol. The van der Waals surface area contributed by atoms with Gasteiger partial charge in [0.05, 0.1) is 10.9 Å². The fourth-order valence-corrected chi connectivity index (χ4v) is 3.53. The molecule has 0 N–H and O–H groups in total. The van der Waals surface area contributed by atoms with Crippen LogP contribution in [0.15, 0.2) is 94.3 Å². The highest BCUT2D eigenvalue weighted by Crippen LogP contribution is 2.31. The molecule has 0 aliphatic rings. The maximum Gasteiger partial charge on any atom is 0.200 e. The summed E-state index contributed by atoms with van der Waals surface area (Å²) >= 11 is 0. The molecule has 152 valence electrons. The van der Waals surface area contributed by atoms with Gasteiger partial charge in [0.15, 0.2) is 11.3 Å². The molecule has 0 radical (unpaired) electrons. The third-order valence-electron chi connectivity index (χ3n) is 5.13. The molecule has 0 fully saturated rings. The van der Waals surface area contributed by atoms with Crippen LogP contribution in [0.2, 0.25) is 0 Å². The van der Waals surface area contributed by atoms with Gasteiger partial charge in [-0.25, -0.2) is 0 Å². The number of para-hydroxylation sites is 1. The van der Waals surface area contributed by atoms with Crippen LogP contribution in [0.5, 0.6) is 5.75 Å². The summed E-state index contributed by atoms with van der Waals surface area (Å²) in [7, 11) is 4.09. The largest absolute Gasteiger partial charge is 0.482 e. The first kappa shape index (κ1) is 19.9. The van der Waals surface area contributed by atoms with Gasteiger partial charge in [-0.2, -0.15) is 0 Å². The van der Waals surface area contributed by atoms with E-state index in [4.69, 9.17) is 9.15 Å². The summed E-state index contributed by atoms with van der Waals surface area (Å²) in [4.78, 5) is 15.3. The van der Waals surface area contributed by atoms with Gasteiger partial charge in [-0.3, -0.25) is 4.79 Å². The summed E-state index contributed by atoms with van der Waals surface area (Å²) in [5.41, 5.74) is 2.91. The molecule has 1 heterocycles. The fraction of sp³-hybridized carbons (Fsp3) is 0.192. The molecule has 4 nitrogen and oxygen atoms in total. The maximum atomic E-state index is 13.1. The number of hydrogen-bond acceptors (Lipinski definition) is 4. The van der Waals surface area contributed by atoms with Gasteiger partial charge < -0.3 is 14.1 Å². The van der Waals surface area contributed by atoms with Gasteiger partial charge in [-0.05, 0) is 37.4 Å². The standard InChI is InChI=1S/C26H25NO3/c1-27(2)17-16-23(20-12-7-4-8-13-20)30-24-15-9-14-21-25(28)22(18-29-26(21)24)19-10-5-3-6-11-19/h3-15,18,23H,16-17H2,1-2H3. The van der Waals surface area contributed by atoms with E-state index in [2.05, 4.69) is 17.0 Å². The Balaban J connectivity index is 1.73. The minimum atomic E-state index is -0.140. The molecule has 0 saturated heterocycles. The average molecular weight is 399 g/mol. The highest BCUT2D eigenvalue weighted by molar-refractivity contribution is 5.85. The molecule has 4 heteroatoms. The first-order valence-corrected chi connectivity index (χ1v) is 10.1. The summed E-state index contributed by atoms with van der Waals surface area (Å²) < 4.78 is 12.3. The first-order valence-electron chi connectivity index (χ1n) is 10.1. The average Bonchev–Trinajstić information content (AvgIpc) is 2.78. The zero-order valence-electron chi connectivity index (χ0n) is 17.2. The number of ether oxygens (including phenoxy) is 1. The van der Waals surface area contributed by atoms with Crippen molar-refractivity contribution in [1.82, 2.24) is 4.90 Å². The van der Waals surface area contributed by atoms with Gasteiger partial charge in [0.1, 0.15) is 12.4 Å². The lowest BCUT2D eigenvalue weighted by Crippen LogP contribution is -2.19. The van der Waals surface area contributed by atoms with E-state index in [0.29, 0.717) is 22.3 Å². The lowest BCUT2D eigenvalue weighted by atomic mass is 10.0. The summed E-state index contributed by atoms with van der Waals surface area (Å²) in [5, 5.41) is 0.522. The molecule has 0 bridgehead atoms. The van der Waals surface area contributed by atoms with E-state index in [0.717, 1.165) is 24.1 Å². The van der Waals surface area contributed by atoms with Crippen LogP contribution in [0.4, 0.5) is 0 Å². The van der Waals surface area contributed by atoms with Gasteiger partial charge in [-0.1, -0.05) is 66.7 Å². The number of nitrogens with zero attached hydrogens (tertiary/aromatic N) is 1. The zero-order valence-corrected chi connectivity index (χ0v) is 17.2. The predicted octanol–water partition coefficient (Wildman–Crippen LogP) is 5.53. The first-order chi connectivity index (χ1) is 14.6. The van der Waals surface area contributed by atoms with Gasteiger partial charge in [0.25, 0.3) is 0 Å². The SMILES string of the molecule is CN(C)CCC(Oc1cccc2c(=O)c(-c3ccccc3)coc12)c1ccccc1. The Bertz CT molecular complexity index is 1170. The van der Waals surface area contributed by atoms with Crippen LogP contribution in [-0.4, -0.2) is 25.5 Å². The smallest absolute Gasteiger partial charge is 0.200 e. The third-order valence-corrected chi connectivity index (χ3v) is 5.13. The molecule has 0 aliphatic heterocycles. The summed E-state index contributed by atoms with van der Waals surface area (Å²) in [6, 6.07) is 25.2. The zero-order chi connectivity index (χ0) is 20.9. The molecule has 30 heavy (non-hydrogen) atoms. The van der Waals surface area contributed by atoms with Gasteiger partial charge in [0, 0.05) is 13.0 Å². The van der Waals surface area contributed by atoms with Crippen molar-refractivity contribution >= 4 is 11.0 Å². The van der Waals surface area contributed by atoms with Crippen molar-refractivity contribution in [3.63, 3.8) is 0 Å². The molecule has 0 spiro atoms. The van der Waals surface area contributed by atoms with E-state index in [1.54, 1.807) is 6.07 Å². The van der Waals surface area contributed by atoms with Gasteiger partial charge >= 0.3 is 0 Å². The molecule has 1 atom stereocenters. The molecule has 1 unspecified atom stereocenters. The van der Waals surface area contributed by atoms with Crippen molar-refractivity contribution in [3.05, 3.63) is 101 Å². The van der Waals surface area contributed by atoms with E-state index >= 15 is 0 Å². The van der Waals surface area contributed by atoms with Crippen molar-refractivity contribution in [2.45, 2.75) is 12.5 Å². The number of hydrogen-bond donors (Lipinski definition) is 0. The Labute approximate surface area is 176 Å². The van der Waals surface area contributed by atoms with Crippen LogP contribution in [-0.2, 0) is 0 Å². The summed E-state index contributed by atoms with van der Waals surface area (Å²) in [6.07, 6.45) is 2.21. The van der Waals surface area contributed by atoms with Crippen LogP contribution >= 0.6 is 0 Å². The molecule has 4 rings (SSSR count). The predicted molar refractivity (Wildman–Crippen MR) is 121 cm³/mol. The van der Waals surface area contributed by atoms with Gasteiger partial charge in [-0.15, -0.1) is 0 Å². The Hall–Kier alpha value is -3.37. The van der Waals surface area contributed by atoms with Gasteiger partial charge in [0.2, 0.25) is 5.43 Å². The summed E-state index contributed by atoms with van der Waals surface area (Å²) in [5.74, 6) is 0.580. The molecule has 0 saturated carbocycles. The minimum absolute atomic E-state index is 0.0579. The molecular formula is C26H25NO3. The molecule has 3 aromatic carbocycles. The molecule has 0 amide bonds. The minimum Gasteiger partial charge on any atom is -0.482 e. The number of benzene rings is 3. The Morgan fingerprint density at radius 2 is 1.60 bits per heavy atom. The van der Waals surface area contributed by atoms with Crippen molar-refractivity contribution in [2.24, 2.45) is 0 Å². The van der Waals surface area contributed by atoms with Crippen LogP contribution in [0.3, 0.4) is 0 Å². The lowest BCUT2D eigenvalue weighted by Gasteiger charge is -2.22. The second-order valence-electron chi connectivity index (χ2n) is 7.59. The molecule has 1 aromatic heterocycles. The van der Waals surface area contributed by atoms with E-state index in [1.165, 1.54) is 6.26 Å². The van der Waals surface area contributed by atoms with E-state index in [9.17, 15) is 4.79 Å². The molecule has 0 aliphatic carbocycles. The molecular weight excluding hydrogens is 374 g/mol. The van der Waals surface area contributed by atoms with E-state index in [-0.39, 0.29) is 11.5 Å². The van der Waals surface area contributed by atoms with Crippen LogP contribution in [0.25, 0.3) is 22.1 Å². The van der Waals surface area contributed by atoms with Crippen molar-refractivity contribution in [2.75, 3.05) is 20.6 Å². The van der Waals surface area contributed by atoms with Crippen LogP contribution in [0.1, 0.15) is 18.1 Å². The third kappa shape index (κ3) is 4.29. The van der Waals surface area contributed by atoms with E-state index < -0.39 is 0 Å². The fourth-order valence-electron chi connectivity index (χ4n) is 3.53. The van der Waals surface area contributed by atoms with Crippen LogP contribution < -0.4 is 10.2 Å². The Morgan fingerprint density at radius 1 is 0.900 bits per heavy atom. The van der Waals surface area contributed by atoms with Crippen molar-refractivity contribution in [1.29, 1.82) is 0 Å². The number of fused-ring (bicyclic) bond motifs is 1. The second kappa shape index (κ2) is 8.97. The van der Waals surface area contributed by atoms with E-state index in [1.807, 2.05) is 74.8 Å². The topological polar surface area (TPSA) is 42.7 Å². The highest BCUT2D eigenvalue weighted by Gasteiger charge is 2.18. The van der Waals surface area contributed by atoms with Crippen molar-refractivity contribution in [3.8, 4) is 16.9 Å². The van der Waals surface area contributed by atoms with Crippen LogP contribution in [0, 0.1) is 0 Å². The second-order valence-corrected chi connectivity index (χ2v) is 7.59. The Morgan fingerprint density at radius 3 is 2.30 bits per heavy atom. The molecule has 4 aromatic rings. The normalized spacial score (nSPS) is 12.2. The Kier molecular flexibility index (Phi) is 5.96. The summed E-state index contributed by atoms with van der Waals surface area (Å²) in [6.45, 7) is 0.881. The quantitative estimate of drug-likeness (QED) is 0.410. The maximum absolute atomic E-state index is 13.1. The lowest BCUT2D eigenvalue weighted by molar-refractivity contribution is 0.179. The van der Waals surface area contributed by atoms with Crippen molar-refractivity contribution < 1.29 is 9.15 Å². The number of rotatable bonds is 7. The highest BCUT2D eigenvalue weighted by atomic mass is 16.5.